The van der Waals surface area contributed by atoms with Gasteiger partial charge in [0.25, 0.3) is 0 Å². The standard InChI is InChI=1S/C15H23N3O/c1-11(17-13-6-9-15(19)16-10-13)12-4-7-14(8-5-12)18(2)3/h4-5,7-8,11,13,17H,6,9-10H2,1-3H3,(H,16,19). The minimum absolute atomic E-state index is 0.168. The predicted molar refractivity (Wildman–Crippen MR) is 78.4 cm³/mol. The number of carbonyl (C=O) groups is 1. The lowest BCUT2D eigenvalue weighted by Gasteiger charge is -2.27. The molecular formula is C15H23N3O. The lowest BCUT2D eigenvalue weighted by molar-refractivity contribution is -0.122. The highest BCUT2D eigenvalue weighted by atomic mass is 16.1. The van der Waals surface area contributed by atoms with Crippen LogP contribution in [0, 0.1) is 0 Å². The Kier molecular flexibility index (Phi) is 4.43. The molecule has 1 amide bonds. The fourth-order valence-corrected chi connectivity index (χ4v) is 2.39. The molecule has 0 radical (unpaired) electrons. The number of piperidine rings is 1. The van der Waals surface area contributed by atoms with E-state index in [1.165, 1.54) is 11.3 Å². The highest BCUT2D eigenvalue weighted by Gasteiger charge is 2.19. The largest absolute Gasteiger partial charge is 0.378 e. The van der Waals surface area contributed by atoms with Crippen LogP contribution in [-0.4, -0.2) is 32.6 Å². The quantitative estimate of drug-likeness (QED) is 0.867. The molecule has 19 heavy (non-hydrogen) atoms. The summed E-state index contributed by atoms with van der Waals surface area (Å²) in [6, 6.07) is 9.27. The second-order valence-corrected chi connectivity index (χ2v) is 5.41. The van der Waals surface area contributed by atoms with Gasteiger partial charge in [-0.15, -0.1) is 0 Å². The van der Waals surface area contributed by atoms with Gasteiger partial charge in [0, 0.05) is 44.8 Å². The molecule has 1 aromatic carbocycles. The van der Waals surface area contributed by atoms with E-state index in [2.05, 4.69) is 46.7 Å². The van der Waals surface area contributed by atoms with Gasteiger partial charge in [0.05, 0.1) is 0 Å². The monoisotopic (exact) mass is 261 g/mol. The molecule has 1 saturated heterocycles. The van der Waals surface area contributed by atoms with E-state index in [-0.39, 0.29) is 5.91 Å². The summed E-state index contributed by atoms with van der Waals surface area (Å²) in [7, 11) is 4.09. The van der Waals surface area contributed by atoms with Crippen LogP contribution < -0.4 is 15.5 Å². The molecule has 1 aromatic rings. The first kappa shape index (κ1) is 13.9. The molecule has 1 aliphatic heterocycles. The predicted octanol–water partition coefficient (Wildman–Crippen LogP) is 1.68. The Morgan fingerprint density at radius 1 is 1.32 bits per heavy atom. The average molecular weight is 261 g/mol. The number of hydrogen-bond donors (Lipinski definition) is 2. The first-order chi connectivity index (χ1) is 9.06. The average Bonchev–Trinajstić information content (AvgIpc) is 2.41. The van der Waals surface area contributed by atoms with Gasteiger partial charge in [0.15, 0.2) is 0 Å². The van der Waals surface area contributed by atoms with E-state index in [0.717, 1.165) is 13.0 Å². The van der Waals surface area contributed by atoms with Crippen molar-refractivity contribution in [2.24, 2.45) is 0 Å². The number of amides is 1. The number of carbonyl (C=O) groups excluding carboxylic acids is 1. The van der Waals surface area contributed by atoms with Crippen molar-refractivity contribution in [3.05, 3.63) is 29.8 Å². The van der Waals surface area contributed by atoms with Crippen LogP contribution in [-0.2, 0) is 4.79 Å². The van der Waals surface area contributed by atoms with Crippen LogP contribution in [0.4, 0.5) is 5.69 Å². The molecule has 2 unspecified atom stereocenters. The first-order valence-corrected chi connectivity index (χ1v) is 6.86. The van der Waals surface area contributed by atoms with E-state index in [0.29, 0.717) is 18.5 Å². The summed E-state index contributed by atoms with van der Waals surface area (Å²) in [5.74, 6) is 0.168. The normalized spacial score (nSPS) is 20.8. The third-order valence-corrected chi connectivity index (χ3v) is 3.66. The van der Waals surface area contributed by atoms with Gasteiger partial charge in [-0.2, -0.15) is 0 Å². The zero-order valence-electron chi connectivity index (χ0n) is 11.9. The van der Waals surface area contributed by atoms with Crippen LogP contribution in [0.5, 0.6) is 0 Å². The summed E-state index contributed by atoms with van der Waals surface area (Å²) in [6.45, 7) is 2.90. The Hall–Kier alpha value is -1.55. The van der Waals surface area contributed by atoms with Gasteiger partial charge >= 0.3 is 0 Å². The fourth-order valence-electron chi connectivity index (χ4n) is 2.39. The smallest absolute Gasteiger partial charge is 0.220 e. The lowest BCUT2D eigenvalue weighted by atomic mass is 10.0. The van der Waals surface area contributed by atoms with Gasteiger partial charge in [-0.3, -0.25) is 4.79 Å². The molecule has 1 fully saturated rings. The Bertz CT molecular complexity index is 418. The summed E-state index contributed by atoms with van der Waals surface area (Å²) in [5, 5.41) is 6.48. The molecule has 1 heterocycles. The Morgan fingerprint density at radius 2 is 2.00 bits per heavy atom. The topological polar surface area (TPSA) is 44.4 Å². The molecule has 2 atom stereocenters. The van der Waals surface area contributed by atoms with Crippen LogP contribution in [0.15, 0.2) is 24.3 Å². The summed E-state index contributed by atoms with van der Waals surface area (Å²) >= 11 is 0. The van der Waals surface area contributed by atoms with E-state index in [1.54, 1.807) is 0 Å². The van der Waals surface area contributed by atoms with Gasteiger partial charge in [0.2, 0.25) is 5.91 Å². The Balaban J connectivity index is 1.92. The summed E-state index contributed by atoms with van der Waals surface area (Å²) < 4.78 is 0. The van der Waals surface area contributed by atoms with Gasteiger partial charge in [-0.25, -0.2) is 0 Å². The molecule has 4 heteroatoms. The van der Waals surface area contributed by atoms with Crippen LogP contribution in [0.25, 0.3) is 0 Å². The maximum atomic E-state index is 11.1. The third-order valence-electron chi connectivity index (χ3n) is 3.66. The van der Waals surface area contributed by atoms with Crippen molar-refractivity contribution in [1.29, 1.82) is 0 Å². The van der Waals surface area contributed by atoms with E-state index in [1.807, 2.05) is 14.1 Å². The SMILES string of the molecule is CC(NC1CCC(=O)NC1)c1ccc(N(C)C)cc1. The Morgan fingerprint density at radius 3 is 2.53 bits per heavy atom. The molecule has 0 aromatic heterocycles. The van der Waals surface area contributed by atoms with Crippen molar-refractivity contribution >= 4 is 11.6 Å². The number of hydrogen-bond acceptors (Lipinski definition) is 3. The summed E-state index contributed by atoms with van der Waals surface area (Å²) in [4.78, 5) is 13.2. The second kappa shape index (κ2) is 6.06. The zero-order valence-corrected chi connectivity index (χ0v) is 11.9. The molecule has 2 rings (SSSR count). The number of nitrogens with one attached hydrogen (secondary N) is 2. The molecule has 0 bridgehead atoms. The van der Waals surface area contributed by atoms with Crippen molar-refractivity contribution in [2.75, 3.05) is 25.5 Å². The maximum Gasteiger partial charge on any atom is 0.220 e. The van der Waals surface area contributed by atoms with Crippen molar-refractivity contribution in [1.82, 2.24) is 10.6 Å². The lowest BCUT2D eigenvalue weighted by Crippen LogP contribution is -2.46. The minimum atomic E-state index is 0.168. The van der Waals surface area contributed by atoms with E-state index >= 15 is 0 Å². The first-order valence-electron chi connectivity index (χ1n) is 6.86. The maximum absolute atomic E-state index is 11.1. The van der Waals surface area contributed by atoms with E-state index in [4.69, 9.17) is 0 Å². The molecule has 104 valence electrons. The van der Waals surface area contributed by atoms with E-state index < -0.39 is 0 Å². The van der Waals surface area contributed by atoms with Crippen molar-refractivity contribution in [2.45, 2.75) is 31.8 Å². The fraction of sp³-hybridized carbons (Fsp3) is 0.533. The van der Waals surface area contributed by atoms with Crippen LogP contribution in [0.3, 0.4) is 0 Å². The zero-order chi connectivity index (χ0) is 13.8. The molecule has 1 aliphatic rings. The van der Waals surface area contributed by atoms with Gasteiger partial charge in [-0.1, -0.05) is 12.1 Å². The van der Waals surface area contributed by atoms with Crippen LogP contribution in [0.1, 0.15) is 31.4 Å². The summed E-state index contributed by atoms with van der Waals surface area (Å²) in [6.07, 6.45) is 1.55. The minimum Gasteiger partial charge on any atom is -0.378 e. The van der Waals surface area contributed by atoms with Crippen molar-refractivity contribution in [3.8, 4) is 0 Å². The second-order valence-electron chi connectivity index (χ2n) is 5.41. The van der Waals surface area contributed by atoms with Gasteiger partial charge < -0.3 is 15.5 Å². The molecule has 0 saturated carbocycles. The number of benzene rings is 1. The molecule has 0 spiro atoms. The van der Waals surface area contributed by atoms with Crippen LogP contribution in [0.2, 0.25) is 0 Å². The molecule has 2 N–H and O–H groups in total. The number of rotatable bonds is 4. The van der Waals surface area contributed by atoms with Crippen LogP contribution >= 0.6 is 0 Å². The summed E-state index contributed by atoms with van der Waals surface area (Å²) in [5.41, 5.74) is 2.49. The van der Waals surface area contributed by atoms with Gasteiger partial charge in [-0.05, 0) is 31.0 Å². The molecule has 4 nitrogen and oxygen atoms in total. The number of anilines is 1. The number of nitrogens with zero attached hydrogens (tertiary/aromatic N) is 1. The van der Waals surface area contributed by atoms with E-state index in [9.17, 15) is 4.79 Å². The van der Waals surface area contributed by atoms with Crippen molar-refractivity contribution < 1.29 is 4.79 Å². The molecule has 0 aliphatic carbocycles. The highest BCUT2D eigenvalue weighted by Crippen LogP contribution is 2.19. The molecular weight excluding hydrogens is 238 g/mol. The third kappa shape index (κ3) is 3.70. The Labute approximate surface area is 115 Å². The van der Waals surface area contributed by atoms with Gasteiger partial charge in [0.1, 0.15) is 0 Å². The highest BCUT2D eigenvalue weighted by molar-refractivity contribution is 5.76. The van der Waals surface area contributed by atoms with Crippen molar-refractivity contribution in [3.63, 3.8) is 0 Å².